The third-order valence-electron chi connectivity index (χ3n) is 13.7. The highest BCUT2D eigenvalue weighted by Gasteiger charge is 2.45. The first-order valence-corrected chi connectivity index (χ1v) is 25.2. The van der Waals surface area contributed by atoms with Gasteiger partial charge in [0.25, 0.3) is 0 Å². The van der Waals surface area contributed by atoms with Gasteiger partial charge in [-0.05, 0) is 91.6 Å². The molecule has 2 aromatic carbocycles. The summed E-state index contributed by atoms with van der Waals surface area (Å²) in [7, 11) is 1.68. The predicted molar refractivity (Wildman–Crippen MR) is 273 cm³/mol. The standard InChI is InChI=1S/C56H70FN9O5/c1-7-47(39-19-13-12-14-20-39)62-54(70)49-30-44(36-65(49)55(71)52(56(3,4)5)63-53(69)37(2)58-6)61-50(67)22-15-10-8-9-11-16-23-51(68)66-35-42(32-60-66)41-29-46-45(24-25-48(46)59-31-41)40-26-27-64(34-40)33-38-18-17-21-43(57)28-38/h12-14,17-21,24,26-29,31-32,34-35,37,44,47,49,52,58H,7-11,15-16,22-23,25,30,33,36H2,1-6H3,(H,61,67)(H,62,70)(H,63,69)/t37-,44?,47+,49-,52+/m0/s1. The van der Waals surface area contributed by atoms with Gasteiger partial charge in [0.1, 0.15) is 17.9 Å². The minimum atomic E-state index is -0.900. The second kappa shape index (κ2) is 23.9. The molecule has 0 spiro atoms. The highest BCUT2D eigenvalue weighted by Crippen LogP contribution is 2.35. The SMILES string of the molecule is CC[C@@H](NC(=O)[C@@H]1CC(NC(=O)CCCCCCCCC(=O)n2cc(-c3cnc4c(c3)C(c3ccn(Cc5cccc(F)c5)c3)=CC4)cn2)CN1C(=O)[C@@H](NC(=O)[C@H](C)NC)C(C)(C)C)c1ccccc1. The van der Waals surface area contributed by atoms with Crippen molar-refractivity contribution in [2.75, 3.05) is 13.6 Å². The number of likely N-dealkylation sites (N-methyl/N-ethyl adjacent to an activating group) is 1. The topological polar surface area (TPSA) is 172 Å². The van der Waals surface area contributed by atoms with Crippen LogP contribution in [0.25, 0.3) is 16.7 Å². The summed E-state index contributed by atoms with van der Waals surface area (Å²) >= 11 is 0. The lowest BCUT2D eigenvalue weighted by molar-refractivity contribution is -0.144. The molecule has 4 heterocycles. The molecule has 71 heavy (non-hydrogen) atoms. The number of hydrogen-bond acceptors (Lipinski definition) is 8. The van der Waals surface area contributed by atoms with E-state index in [1.807, 2.05) is 81.1 Å². The first-order chi connectivity index (χ1) is 34.1. The molecule has 1 aliphatic heterocycles. The zero-order chi connectivity index (χ0) is 50.7. The number of unbranched alkanes of at least 4 members (excludes halogenated alkanes) is 5. The Labute approximate surface area is 417 Å². The number of likely N-dealkylation sites (tertiary alicyclic amines) is 1. The number of carbonyl (C=O) groups is 5. The molecule has 5 atom stereocenters. The molecule has 1 saturated heterocycles. The molecule has 0 saturated carbocycles. The van der Waals surface area contributed by atoms with E-state index in [0.29, 0.717) is 32.2 Å². The molecule has 1 fully saturated rings. The van der Waals surface area contributed by atoms with E-state index in [-0.39, 0.29) is 54.4 Å². The fourth-order valence-electron chi connectivity index (χ4n) is 9.48. The van der Waals surface area contributed by atoms with Gasteiger partial charge in [-0.25, -0.2) is 9.07 Å². The van der Waals surface area contributed by atoms with Gasteiger partial charge in [0.2, 0.25) is 29.5 Å². The summed E-state index contributed by atoms with van der Waals surface area (Å²) in [6.07, 6.45) is 18.9. The fraction of sp³-hybridized carbons (Fsp3) is 0.446. The van der Waals surface area contributed by atoms with E-state index in [4.69, 9.17) is 4.98 Å². The van der Waals surface area contributed by atoms with Crippen molar-refractivity contribution < 1.29 is 28.4 Å². The molecular formula is C56H70FN9O5. The molecule has 1 aliphatic carbocycles. The van der Waals surface area contributed by atoms with Crippen LogP contribution in [0.1, 0.15) is 138 Å². The van der Waals surface area contributed by atoms with Crippen molar-refractivity contribution in [3.8, 4) is 11.1 Å². The highest BCUT2D eigenvalue weighted by molar-refractivity contribution is 5.94. The largest absolute Gasteiger partial charge is 0.351 e. The lowest BCUT2D eigenvalue weighted by Gasteiger charge is -2.36. The summed E-state index contributed by atoms with van der Waals surface area (Å²) in [5.74, 6) is -1.43. The van der Waals surface area contributed by atoms with Gasteiger partial charge in [0.05, 0.1) is 24.0 Å². The van der Waals surface area contributed by atoms with Crippen LogP contribution in [-0.2, 0) is 32.1 Å². The fourth-order valence-corrected chi connectivity index (χ4v) is 9.48. The van der Waals surface area contributed by atoms with Crippen LogP contribution in [0.15, 0.2) is 104 Å². The summed E-state index contributed by atoms with van der Waals surface area (Å²) in [5, 5.41) is 16.5. The van der Waals surface area contributed by atoms with Gasteiger partial charge in [0, 0.05) is 79.9 Å². The molecule has 0 bridgehead atoms. The number of nitrogens with zero attached hydrogens (tertiary/aromatic N) is 5. The maximum atomic E-state index is 14.4. The van der Waals surface area contributed by atoms with Crippen molar-refractivity contribution in [3.63, 3.8) is 0 Å². The molecule has 14 nitrogen and oxygen atoms in total. The monoisotopic (exact) mass is 968 g/mol. The first-order valence-electron chi connectivity index (χ1n) is 25.2. The van der Waals surface area contributed by atoms with Gasteiger partial charge < -0.3 is 30.7 Å². The molecule has 15 heteroatoms. The van der Waals surface area contributed by atoms with Crippen molar-refractivity contribution >= 4 is 35.1 Å². The van der Waals surface area contributed by atoms with E-state index in [9.17, 15) is 28.4 Å². The number of fused-ring (bicyclic) bond motifs is 1. The van der Waals surface area contributed by atoms with Crippen LogP contribution in [0.2, 0.25) is 0 Å². The van der Waals surface area contributed by atoms with Crippen LogP contribution in [0.5, 0.6) is 0 Å². The Hall–Kier alpha value is -6.74. The maximum absolute atomic E-state index is 14.4. The molecule has 4 N–H and O–H groups in total. The van der Waals surface area contributed by atoms with Gasteiger partial charge in [-0.15, -0.1) is 0 Å². The van der Waals surface area contributed by atoms with Crippen molar-refractivity contribution in [3.05, 3.63) is 138 Å². The number of benzene rings is 2. The second-order valence-corrected chi connectivity index (χ2v) is 20.1. The van der Waals surface area contributed by atoms with Gasteiger partial charge in [-0.3, -0.25) is 29.0 Å². The average molecular weight is 968 g/mol. The quantitative estimate of drug-likeness (QED) is 0.0503. The maximum Gasteiger partial charge on any atom is 0.246 e. The number of carbonyl (C=O) groups excluding carboxylic acids is 5. The third-order valence-corrected chi connectivity index (χ3v) is 13.7. The van der Waals surface area contributed by atoms with Gasteiger partial charge in [-0.2, -0.15) is 5.10 Å². The first kappa shape index (κ1) is 52.1. The lowest BCUT2D eigenvalue weighted by Crippen LogP contribution is -2.59. The number of pyridine rings is 1. The number of rotatable bonds is 22. The number of halogens is 1. The second-order valence-electron chi connectivity index (χ2n) is 20.1. The Bertz CT molecular complexity index is 2690. The van der Waals surface area contributed by atoms with Crippen molar-refractivity contribution in [1.82, 2.24) is 45.5 Å². The molecule has 7 rings (SSSR count). The molecule has 5 aromatic rings. The van der Waals surface area contributed by atoms with E-state index < -0.39 is 29.6 Å². The van der Waals surface area contributed by atoms with Crippen LogP contribution in [0, 0.1) is 11.2 Å². The third kappa shape index (κ3) is 13.6. The van der Waals surface area contributed by atoms with Gasteiger partial charge >= 0.3 is 0 Å². The number of allylic oxidation sites excluding steroid dienone is 1. The van der Waals surface area contributed by atoms with Crippen molar-refractivity contribution in [2.24, 2.45) is 5.41 Å². The van der Waals surface area contributed by atoms with Crippen LogP contribution in [-0.4, -0.2) is 91.5 Å². The Morgan fingerprint density at radius 1 is 0.845 bits per heavy atom. The van der Waals surface area contributed by atoms with Gasteiger partial charge in [-0.1, -0.05) is 102 Å². The van der Waals surface area contributed by atoms with E-state index in [1.54, 1.807) is 38.5 Å². The minimum absolute atomic E-state index is 0.0717. The van der Waals surface area contributed by atoms with E-state index in [2.05, 4.69) is 50.8 Å². The summed E-state index contributed by atoms with van der Waals surface area (Å²) in [6, 6.07) is 17.6. The molecule has 1 unspecified atom stereocenters. The van der Waals surface area contributed by atoms with Crippen LogP contribution in [0.3, 0.4) is 0 Å². The molecule has 4 amide bonds. The Morgan fingerprint density at radius 2 is 1.59 bits per heavy atom. The number of aromatic nitrogens is 4. The number of hydrogen-bond donors (Lipinski definition) is 4. The summed E-state index contributed by atoms with van der Waals surface area (Å²) in [5.41, 5.74) is 7.10. The van der Waals surface area contributed by atoms with Crippen molar-refractivity contribution in [1.29, 1.82) is 0 Å². The zero-order valence-corrected chi connectivity index (χ0v) is 42.0. The van der Waals surface area contributed by atoms with E-state index in [0.717, 1.165) is 83.2 Å². The molecular weight excluding hydrogens is 898 g/mol. The molecule has 376 valence electrons. The summed E-state index contributed by atoms with van der Waals surface area (Å²) in [6.45, 7) is 10.1. The van der Waals surface area contributed by atoms with Gasteiger partial charge in [0.15, 0.2) is 0 Å². The van der Waals surface area contributed by atoms with Crippen LogP contribution in [0.4, 0.5) is 4.39 Å². The molecule has 3 aromatic heterocycles. The molecule has 0 radical (unpaired) electrons. The number of amides is 4. The lowest BCUT2D eigenvalue weighted by atomic mass is 9.85. The average Bonchev–Trinajstić information content (AvgIpc) is 4.20. The Morgan fingerprint density at radius 3 is 2.31 bits per heavy atom. The molecule has 2 aliphatic rings. The predicted octanol–water partition coefficient (Wildman–Crippen LogP) is 8.17. The smallest absolute Gasteiger partial charge is 0.246 e. The highest BCUT2D eigenvalue weighted by atomic mass is 19.1. The zero-order valence-electron chi connectivity index (χ0n) is 42.0. The minimum Gasteiger partial charge on any atom is -0.351 e. The van der Waals surface area contributed by atoms with E-state index in [1.165, 1.54) is 15.6 Å². The van der Waals surface area contributed by atoms with Crippen LogP contribution >= 0.6 is 0 Å². The summed E-state index contributed by atoms with van der Waals surface area (Å²) in [4.78, 5) is 74.2. The van der Waals surface area contributed by atoms with Crippen molar-refractivity contribution in [2.45, 2.75) is 142 Å². The Balaban J connectivity index is 0.848. The normalized spacial score (nSPS) is 16.7. The van der Waals surface area contributed by atoms with Crippen LogP contribution < -0.4 is 21.3 Å². The number of nitrogens with one attached hydrogen (secondary N) is 4. The summed E-state index contributed by atoms with van der Waals surface area (Å²) < 4.78 is 17.2. The Kier molecular flexibility index (Phi) is 17.5. The van der Waals surface area contributed by atoms with E-state index >= 15 is 0 Å².